The summed E-state index contributed by atoms with van der Waals surface area (Å²) >= 11 is 0. The number of nitrogens with one attached hydrogen (secondary N) is 2. The van der Waals surface area contributed by atoms with Crippen LogP contribution in [0, 0.1) is 5.41 Å². The molecule has 1 aliphatic rings. The highest BCUT2D eigenvalue weighted by Crippen LogP contribution is 2.06. The van der Waals surface area contributed by atoms with Crippen LogP contribution in [-0.4, -0.2) is 68.2 Å². The Labute approximate surface area is 151 Å². The van der Waals surface area contributed by atoms with Crippen molar-refractivity contribution in [3.05, 3.63) is 12.3 Å². The monoisotopic (exact) mass is 351 g/mol. The number of hydrogen-bond acceptors (Lipinski definition) is 6. The molecule has 1 rings (SSSR count). The fourth-order valence-corrected chi connectivity index (χ4v) is 2.59. The molecule has 142 valence electrons. The molecule has 1 atom stereocenters. The SMILES string of the molecule is C/C=N/OC(C)CC(/C=C/N(CC)CCNC1CCOCC1)=NC=N. The second kappa shape index (κ2) is 13.5. The average Bonchev–Trinajstić information content (AvgIpc) is 2.63. The molecule has 7 heteroatoms. The van der Waals surface area contributed by atoms with E-state index in [1.807, 2.05) is 26.1 Å². The summed E-state index contributed by atoms with van der Waals surface area (Å²) in [4.78, 5) is 11.6. The van der Waals surface area contributed by atoms with Gasteiger partial charge in [0.1, 0.15) is 12.4 Å². The Balaban J connectivity index is 2.42. The highest BCUT2D eigenvalue weighted by Gasteiger charge is 2.12. The molecule has 0 aromatic rings. The smallest absolute Gasteiger partial charge is 0.130 e. The first-order valence-electron chi connectivity index (χ1n) is 9.12. The van der Waals surface area contributed by atoms with Crippen molar-refractivity contribution in [2.24, 2.45) is 10.1 Å². The standard InChI is InChI=1S/C18H33N5O2/c1-4-22-25-16(3)14-18(21-15-19)6-10-23(5-2)11-9-20-17-7-12-24-13-8-17/h4,6,10,15-17,19-20H,5,7-9,11-14H2,1-3H3/b10-6+,19-15?,21-18?,22-4+. The predicted molar refractivity (Wildman–Crippen MR) is 104 cm³/mol. The minimum atomic E-state index is -0.0789. The van der Waals surface area contributed by atoms with Crippen molar-refractivity contribution >= 4 is 18.3 Å². The van der Waals surface area contributed by atoms with Crippen LogP contribution in [0.25, 0.3) is 0 Å². The molecule has 2 N–H and O–H groups in total. The fourth-order valence-electron chi connectivity index (χ4n) is 2.59. The first-order valence-corrected chi connectivity index (χ1v) is 9.12. The maximum absolute atomic E-state index is 7.22. The van der Waals surface area contributed by atoms with Gasteiger partial charge in [-0.1, -0.05) is 5.16 Å². The Bertz CT molecular complexity index is 445. The summed E-state index contributed by atoms with van der Waals surface area (Å²) in [6.45, 7) is 10.4. The molecule has 7 nitrogen and oxygen atoms in total. The Hall–Kier alpha value is -1.73. The average molecular weight is 351 g/mol. The second-order valence-electron chi connectivity index (χ2n) is 6.02. The summed E-state index contributed by atoms with van der Waals surface area (Å²) in [5.41, 5.74) is 0.810. The highest BCUT2D eigenvalue weighted by atomic mass is 16.6. The van der Waals surface area contributed by atoms with Crippen molar-refractivity contribution in [2.45, 2.75) is 52.2 Å². The molecule has 25 heavy (non-hydrogen) atoms. The van der Waals surface area contributed by atoms with Crippen LogP contribution >= 0.6 is 0 Å². The molecule has 1 unspecified atom stereocenters. The molecule has 0 amide bonds. The lowest BCUT2D eigenvalue weighted by molar-refractivity contribution is 0.0776. The largest absolute Gasteiger partial charge is 0.393 e. The molecule has 1 heterocycles. The molecular weight excluding hydrogens is 318 g/mol. The van der Waals surface area contributed by atoms with Crippen LogP contribution in [0.15, 0.2) is 22.4 Å². The first kappa shape index (κ1) is 21.3. The maximum Gasteiger partial charge on any atom is 0.130 e. The van der Waals surface area contributed by atoms with E-state index < -0.39 is 0 Å². The molecule has 0 spiro atoms. The zero-order chi connectivity index (χ0) is 18.3. The molecule has 0 aromatic heterocycles. The predicted octanol–water partition coefficient (Wildman–Crippen LogP) is 2.44. The molecular formula is C18H33N5O2. The number of ether oxygens (including phenoxy) is 1. The third kappa shape index (κ3) is 9.99. The molecule has 0 aliphatic carbocycles. The van der Waals surface area contributed by atoms with E-state index in [9.17, 15) is 0 Å². The summed E-state index contributed by atoms with van der Waals surface area (Å²) in [7, 11) is 0. The van der Waals surface area contributed by atoms with Crippen molar-refractivity contribution in [1.82, 2.24) is 10.2 Å². The number of allylic oxidation sites excluding steroid dienone is 1. The number of hydrogen-bond donors (Lipinski definition) is 2. The number of likely N-dealkylation sites (N-methyl/N-ethyl adjacent to an activating group) is 1. The van der Waals surface area contributed by atoms with Gasteiger partial charge in [-0.15, -0.1) is 0 Å². The third-order valence-electron chi connectivity index (χ3n) is 4.01. The zero-order valence-electron chi connectivity index (χ0n) is 15.8. The third-order valence-corrected chi connectivity index (χ3v) is 4.01. The molecule has 0 aromatic carbocycles. The lowest BCUT2D eigenvalue weighted by Gasteiger charge is -2.25. The summed E-state index contributed by atoms with van der Waals surface area (Å²) in [5, 5.41) is 14.6. The number of rotatable bonds is 12. The Morgan fingerprint density at radius 2 is 2.20 bits per heavy atom. The van der Waals surface area contributed by atoms with Crippen molar-refractivity contribution < 1.29 is 9.57 Å². The normalized spacial score (nSPS) is 18.0. The van der Waals surface area contributed by atoms with Gasteiger partial charge in [0.25, 0.3) is 0 Å². The van der Waals surface area contributed by atoms with Crippen molar-refractivity contribution in [1.29, 1.82) is 5.41 Å². The van der Waals surface area contributed by atoms with Crippen LogP contribution in [0.1, 0.15) is 40.0 Å². The first-order chi connectivity index (χ1) is 12.2. The van der Waals surface area contributed by atoms with Crippen LogP contribution in [0.4, 0.5) is 0 Å². The van der Waals surface area contributed by atoms with E-state index in [0.717, 1.165) is 57.7 Å². The van der Waals surface area contributed by atoms with Gasteiger partial charge in [0.05, 0.1) is 0 Å². The van der Waals surface area contributed by atoms with E-state index in [4.69, 9.17) is 15.0 Å². The molecule has 1 fully saturated rings. The molecule has 0 radical (unpaired) electrons. The van der Waals surface area contributed by atoms with Gasteiger partial charge in [-0.25, -0.2) is 4.99 Å². The van der Waals surface area contributed by atoms with Crippen molar-refractivity contribution in [3.8, 4) is 0 Å². The van der Waals surface area contributed by atoms with Gasteiger partial charge in [0, 0.05) is 63.4 Å². The summed E-state index contributed by atoms with van der Waals surface area (Å²) in [5.74, 6) is 0. The van der Waals surface area contributed by atoms with Crippen LogP contribution in [-0.2, 0) is 9.57 Å². The molecule has 0 saturated carbocycles. The second-order valence-corrected chi connectivity index (χ2v) is 6.02. The number of nitrogens with zero attached hydrogens (tertiary/aromatic N) is 3. The summed E-state index contributed by atoms with van der Waals surface area (Å²) in [6.07, 6.45) is 9.41. The van der Waals surface area contributed by atoms with Gasteiger partial charge in [0.15, 0.2) is 0 Å². The number of oxime groups is 1. The van der Waals surface area contributed by atoms with Gasteiger partial charge < -0.3 is 19.8 Å². The van der Waals surface area contributed by atoms with Gasteiger partial charge in [-0.05, 0) is 39.7 Å². The quantitative estimate of drug-likeness (QED) is 0.321. The van der Waals surface area contributed by atoms with Crippen LogP contribution < -0.4 is 5.32 Å². The van der Waals surface area contributed by atoms with Crippen molar-refractivity contribution in [2.75, 3.05) is 32.8 Å². The Kier molecular flexibility index (Phi) is 11.6. The minimum absolute atomic E-state index is 0.0789. The van der Waals surface area contributed by atoms with Crippen LogP contribution in [0.3, 0.4) is 0 Å². The van der Waals surface area contributed by atoms with E-state index in [1.165, 1.54) is 0 Å². The van der Waals surface area contributed by atoms with Gasteiger partial charge in [0.2, 0.25) is 0 Å². The maximum atomic E-state index is 7.22. The zero-order valence-corrected chi connectivity index (χ0v) is 15.8. The van der Waals surface area contributed by atoms with Crippen LogP contribution in [0.2, 0.25) is 0 Å². The van der Waals surface area contributed by atoms with Gasteiger partial charge in [-0.3, -0.25) is 5.41 Å². The lowest BCUT2D eigenvalue weighted by Crippen LogP contribution is -2.38. The van der Waals surface area contributed by atoms with E-state index in [1.54, 1.807) is 6.21 Å². The van der Waals surface area contributed by atoms with E-state index >= 15 is 0 Å². The van der Waals surface area contributed by atoms with Crippen LogP contribution in [0.5, 0.6) is 0 Å². The van der Waals surface area contributed by atoms with Gasteiger partial charge in [-0.2, -0.15) is 0 Å². The fraction of sp³-hybridized carbons (Fsp3) is 0.722. The van der Waals surface area contributed by atoms with Gasteiger partial charge >= 0.3 is 0 Å². The number of aliphatic imine (C=N–C) groups is 1. The lowest BCUT2D eigenvalue weighted by atomic mass is 10.1. The Morgan fingerprint density at radius 3 is 2.84 bits per heavy atom. The molecule has 1 aliphatic heterocycles. The molecule has 0 bridgehead atoms. The molecule has 1 saturated heterocycles. The minimum Gasteiger partial charge on any atom is -0.393 e. The van der Waals surface area contributed by atoms with E-state index in [2.05, 4.69) is 27.3 Å². The topological polar surface area (TPSA) is 82.3 Å². The van der Waals surface area contributed by atoms with E-state index in [0.29, 0.717) is 12.5 Å². The summed E-state index contributed by atoms with van der Waals surface area (Å²) in [6, 6.07) is 0.573. The Morgan fingerprint density at radius 1 is 1.44 bits per heavy atom. The van der Waals surface area contributed by atoms with Crippen molar-refractivity contribution in [3.63, 3.8) is 0 Å². The van der Waals surface area contributed by atoms with E-state index in [-0.39, 0.29) is 6.10 Å². The summed E-state index contributed by atoms with van der Waals surface area (Å²) < 4.78 is 5.38. The highest BCUT2D eigenvalue weighted by molar-refractivity contribution is 5.99.